The van der Waals surface area contributed by atoms with Gasteiger partial charge in [-0.25, -0.2) is 0 Å². The fourth-order valence-corrected chi connectivity index (χ4v) is 3.45. The van der Waals surface area contributed by atoms with Gasteiger partial charge in [-0.15, -0.1) is 0 Å². The first-order valence-corrected chi connectivity index (χ1v) is 10.8. The van der Waals surface area contributed by atoms with Crippen LogP contribution >= 0.6 is 0 Å². The second-order valence-corrected chi connectivity index (χ2v) is 7.96. The molecule has 0 radical (unpaired) electrons. The zero-order chi connectivity index (χ0) is 22.1. The molecule has 31 heavy (non-hydrogen) atoms. The highest BCUT2D eigenvalue weighted by atomic mass is 16.5. The lowest BCUT2D eigenvalue weighted by Crippen LogP contribution is -2.31. The Balaban J connectivity index is 1.50. The van der Waals surface area contributed by atoms with Gasteiger partial charge in [0, 0.05) is 30.0 Å². The summed E-state index contributed by atoms with van der Waals surface area (Å²) in [6, 6.07) is 14.6. The molecule has 0 aromatic heterocycles. The summed E-state index contributed by atoms with van der Waals surface area (Å²) in [5.74, 6) is 0.619. The van der Waals surface area contributed by atoms with Gasteiger partial charge in [0.05, 0.1) is 6.54 Å². The van der Waals surface area contributed by atoms with Crippen molar-refractivity contribution in [3.05, 3.63) is 66.2 Å². The Morgan fingerprint density at radius 1 is 1.00 bits per heavy atom. The summed E-state index contributed by atoms with van der Waals surface area (Å²) in [6.45, 7) is 7.91. The van der Waals surface area contributed by atoms with Crippen molar-refractivity contribution >= 4 is 23.2 Å². The van der Waals surface area contributed by atoms with Crippen LogP contribution in [-0.4, -0.2) is 43.0 Å². The highest BCUT2D eigenvalue weighted by Gasteiger charge is 2.17. The van der Waals surface area contributed by atoms with Gasteiger partial charge in [-0.3, -0.25) is 9.59 Å². The molecule has 3 rings (SSSR count). The Morgan fingerprint density at radius 3 is 2.39 bits per heavy atom. The molecule has 0 saturated carbocycles. The lowest BCUT2D eigenvalue weighted by Gasteiger charge is -2.20. The molecule has 0 aliphatic carbocycles. The third-order valence-electron chi connectivity index (χ3n) is 5.08. The Kier molecular flexibility index (Phi) is 8.10. The summed E-state index contributed by atoms with van der Waals surface area (Å²) in [6.07, 6.45) is 4.49. The predicted molar refractivity (Wildman–Crippen MR) is 125 cm³/mol. The SMILES string of the molecule is C=C(C)COc1ccc(NC(=O)CNc2cccc(C(=O)N3CCCCCC3)c2)cc1. The number of likely N-dealkylation sites (tertiary alicyclic amines) is 1. The molecule has 1 saturated heterocycles. The van der Waals surface area contributed by atoms with Gasteiger partial charge in [0.15, 0.2) is 0 Å². The maximum absolute atomic E-state index is 12.8. The van der Waals surface area contributed by atoms with E-state index >= 15 is 0 Å². The van der Waals surface area contributed by atoms with Crippen molar-refractivity contribution in [1.29, 1.82) is 0 Å². The molecule has 2 amide bonds. The van der Waals surface area contributed by atoms with Crippen molar-refractivity contribution in [2.24, 2.45) is 0 Å². The molecule has 2 aromatic carbocycles. The lowest BCUT2D eigenvalue weighted by molar-refractivity contribution is -0.114. The van der Waals surface area contributed by atoms with Crippen LogP contribution in [0.15, 0.2) is 60.7 Å². The van der Waals surface area contributed by atoms with E-state index in [0.29, 0.717) is 17.9 Å². The standard InChI is InChI=1S/C25H31N3O3/c1-19(2)18-31-23-12-10-21(11-13-23)27-24(29)17-26-22-9-7-8-20(16-22)25(30)28-14-5-3-4-6-15-28/h7-13,16,26H,1,3-6,14-15,17-18H2,2H3,(H,27,29). The van der Waals surface area contributed by atoms with E-state index in [1.54, 1.807) is 12.1 Å². The maximum atomic E-state index is 12.8. The predicted octanol–water partition coefficient (Wildman–Crippen LogP) is 4.71. The highest BCUT2D eigenvalue weighted by Crippen LogP contribution is 2.18. The van der Waals surface area contributed by atoms with Gasteiger partial charge in [-0.2, -0.15) is 0 Å². The van der Waals surface area contributed by atoms with Crippen LogP contribution in [0.3, 0.4) is 0 Å². The van der Waals surface area contributed by atoms with Crippen LogP contribution in [0.5, 0.6) is 5.75 Å². The number of nitrogens with one attached hydrogen (secondary N) is 2. The van der Waals surface area contributed by atoms with Crippen molar-refractivity contribution in [3.63, 3.8) is 0 Å². The Hall–Kier alpha value is -3.28. The molecule has 0 atom stereocenters. The number of anilines is 2. The van der Waals surface area contributed by atoms with E-state index < -0.39 is 0 Å². The molecule has 6 heteroatoms. The van der Waals surface area contributed by atoms with Gasteiger partial charge < -0.3 is 20.3 Å². The number of ether oxygens (including phenoxy) is 1. The molecular formula is C25H31N3O3. The van der Waals surface area contributed by atoms with Crippen LogP contribution < -0.4 is 15.4 Å². The topological polar surface area (TPSA) is 70.7 Å². The van der Waals surface area contributed by atoms with Crippen LogP contribution in [0.1, 0.15) is 43.0 Å². The molecule has 1 aliphatic heterocycles. The molecule has 2 aromatic rings. The number of rotatable bonds is 8. The van der Waals surface area contributed by atoms with Gasteiger partial charge in [-0.1, -0.05) is 25.5 Å². The summed E-state index contributed by atoms with van der Waals surface area (Å²) < 4.78 is 5.56. The third-order valence-corrected chi connectivity index (χ3v) is 5.08. The second kappa shape index (κ2) is 11.2. The minimum absolute atomic E-state index is 0.0592. The lowest BCUT2D eigenvalue weighted by atomic mass is 10.1. The second-order valence-electron chi connectivity index (χ2n) is 7.96. The van der Waals surface area contributed by atoms with E-state index in [1.807, 2.05) is 48.2 Å². The summed E-state index contributed by atoms with van der Waals surface area (Å²) in [4.78, 5) is 27.0. The smallest absolute Gasteiger partial charge is 0.253 e. The van der Waals surface area contributed by atoms with E-state index in [2.05, 4.69) is 17.2 Å². The maximum Gasteiger partial charge on any atom is 0.253 e. The van der Waals surface area contributed by atoms with Crippen molar-refractivity contribution in [2.75, 3.05) is 36.9 Å². The average Bonchev–Trinajstić information content (AvgIpc) is 3.06. The van der Waals surface area contributed by atoms with Crippen molar-refractivity contribution < 1.29 is 14.3 Å². The highest BCUT2D eigenvalue weighted by molar-refractivity contribution is 5.96. The molecule has 164 valence electrons. The zero-order valence-corrected chi connectivity index (χ0v) is 18.2. The largest absolute Gasteiger partial charge is 0.489 e. The van der Waals surface area contributed by atoms with E-state index in [1.165, 1.54) is 12.8 Å². The van der Waals surface area contributed by atoms with Crippen molar-refractivity contribution in [1.82, 2.24) is 4.90 Å². The minimum Gasteiger partial charge on any atom is -0.489 e. The number of carbonyl (C=O) groups is 2. The summed E-state index contributed by atoms with van der Waals surface area (Å²) in [5.41, 5.74) is 3.04. The summed E-state index contributed by atoms with van der Waals surface area (Å²) >= 11 is 0. The van der Waals surface area contributed by atoms with E-state index in [4.69, 9.17) is 4.74 Å². The fraction of sp³-hybridized carbons (Fsp3) is 0.360. The van der Waals surface area contributed by atoms with Crippen molar-refractivity contribution in [2.45, 2.75) is 32.6 Å². The van der Waals surface area contributed by atoms with Gasteiger partial charge in [0.1, 0.15) is 12.4 Å². The van der Waals surface area contributed by atoms with Gasteiger partial charge >= 0.3 is 0 Å². The molecule has 1 heterocycles. The number of hydrogen-bond donors (Lipinski definition) is 2. The number of carbonyl (C=O) groups excluding carboxylic acids is 2. The molecule has 2 N–H and O–H groups in total. The first-order chi connectivity index (χ1) is 15.0. The third kappa shape index (κ3) is 7.17. The average molecular weight is 422 g/mol. The van der Waals surface area contributed by atoms with Gasteiger partial charge in [-0.05, 0) is 67.8 Å². The normalized spacial score (nSPS) is 13.8. The fourth-order valence-electron chi connectivity index (χ4n) is 3.45. The Labute approximate surface area is 184 Å². The number of nitrogens with zero attached hydrogens (tertiary/aromatic N) is 1. The molecule has 0 spiro atoms. The quantitative estimate of drug-likeness (QED) is 0.606. The van der Waals surface area contributed by atoms with Gasteiger partial charge in [0.25, 0.3) is 5.91 Å². The first-order valence-electron chi connectivity index (χ1n) is 10.8. The first kappa shape index (κ1) is 22.4. The molecular weight excluding hydrogens is 390 g/mol. The summed E-state index contributed by atoms with van der Waals surface area (Å²) in [5, 5.41) is 5.95. The number of hydrogen-bond acceptors (Lipinski definition) is 4. The van der Waals surface area contributed by atoms with Crippen LogP contribution in [0.4, 0.5) is 11.4 Å². The zero-order valence-electron chi connectivity index (χ0n) is 18.2. The number of amides is 2. The van der Waals surface area contributed by atoms with E-state index in [9.17, 15) is 9.59 Å². The minimum atomic E-state index is -0.167. The molecule has 6 nitrogen and oxygen atoms in total. The summed E-state index contributed by atoms with van der Waals surface area (Å²) in [7, 11) is 0. The van der Waals surface area contributed by atoms with Crippen LogP contribution in [-0.2, 0) is 4.79 Å². The van der Waals surface area contributed by atoms with Crippen LogP contribution in [0.2, 0.25) is 0 Å². The van der Waals surface area contributed by atoms with Gasteiger partial charge in [0.2, 0.25) is 5.91 Å². The monoisotopic (exact) mass is 421 g/mol. The van der Waals surface area contributed by atoms with E-state index in [-0.39, 0.29) is 18.4 Å². The molecule has 0 unspecified atom stereocenters. The Morgan fingerprint density at radius 2 is 1.71 bits per heavy atom. The van der Waals surface area contributed by atoms with E-state index in [0.717, 1.165) is 42.9 Å². The van der Waals surface area contributed by atoms with Crippen LogP contribution in [0, 0.1) is 0 Å². The molecule has 1 fully saturated rings. The van der Waals surface area contributed by atoms with Crippen molar-refractivity contribution in [3.8, 4) is 5.75 Å². The van der Waals surface area contributed by atoms with Crippen LogP contribution in [0.25, 0.3) is 0 Å². The molecule has 1 aliphatic rings. The number of benzene rings is 2. The molecule has 0 bridgehead atoms. The Bertz CT molecular complexity index is 900.